The van der Waals surface area contributed by atoms with Crippen molar-refractivity contribution in [2.45, 2.75) is 116 Å². The van der Waals surface area contributed by atoms with E-state index in [4.69, 9.17) is 0 Å². The average Bonchev–Trinajstić information content (AvgIpc) is 2.47. The standard InChI is InChI=1S/C20H38O/c1-19-15-11-9-7-5-3-2-4-6-8-10-12-17-20(21)18-14-13-16-19/h19H,2-18H2,1H3. The number of Topliss-reactive ketones (excluding diaryl/α,β-unsaturated/α-hetero) is 1. The molecule has 0 bridgehead atoms. The first-order chi connectivity index (χ1) is 10.3. The highest BCUT2D eigenvalue weighted by Crippen LogP contribution is 2.19. The van der Waals surface area contributed by atoms with Gasteiger partial charge in [-0.05, 0) is 18.8 Å². The predicted molar refractivity (Wildman–Crippen MR) is 92.7 cm³/mol. The van der Waals surface area contributed by atoms with Crippen molar-refractivity contribution in [3.05, 3.63) is 0 Å². The minimum Gasteiger partial charge on any atom is -0.300 e. The van der Waals surface area contributed by atoms with Gasteiger partial charge in [0.1, 0.15) is 5.78 Å². The van der Waals surface area contributed by atoms with Crippen molar-refractivity contribution in [3.8, 4) is 0 Å². The lowest BCUT2D eigenvalue weighted by Gasteiger charge is -2.10. The monoisotopic (exact) mass is 294 g/mol. The maximum absolute atomic E-state index is 11.8. The van der Waals surface area contributed by atoms with Crippen LogP contribution in [-0.4, -0.2) is 5.78 Å². The summed E-state index contributed by atoms with van der Waals surface area (Å²) < 4.78 is 0. The highest BCUT2D eigenvalue weighted by molar-refractivity contribution is 5.78. The molecule has 1 rings (SSSR count). The van der Waals surface area contributed by atoms with E-state index in [2.05, 4.69) is 6.92 Å². The van der Waals surface area contributed by atoms with Crippen molar-refractivity contribution in [2.24, 2.45) is 5.92 Å². The largest absolute Gasteiger partial charge is 0.300 e. The summed E-state index contributed by atoms with van der Waals surface area (Å²) in [5, 5.41) is 0. The molecule has 0 heterocycles. The number of hydrogen-bond acceptors (Lipinski definition) is 1. The van der Waals surface area contributed by atoms with E-state index in [0.717, 1.165) is 31.6 Å². The van der Waals surface area contributed by atoms with Crippen LogP contribution in [0.2, 0.25) is 0 Å². The van der Waals surface area contributed by atoms with Crippen LogP contribution in [0.1, 0.15) is 116 Å². The Hall–Kier alpha value is -0.330. The molecule has 1 saturated carbocycles. The normalized spacial score (nSPS) is 26.5. The molecule has 1 nitrogen and oxygen atoms in total. The molecule has 0 aromatic rings. The highest BCUT2D eigenvalue weighted by Gasteiger charge is 2.05. The second-order valence-electron chi connectivity index (χ2n) is 7.32. The van der Waals surface area contributed by atoms with Gasteiger partial charge in [-0.1, -0.05) is 90.4 Å². The predicted octanol–water partition coefficient (Wildman–Crippen LogP) is 6.84. The van der Waals surface area contributed by atoms with E-state index < -0.39 is 0 Å². The molecular formula is C20H38O. The van der Waals surface area contributed by atoms with Gasteiger partial charge < -0.3 is 0 Å². The summed E-state index contributed by atoms with van der Waals surface area (Å²) in [5.74, 6) is 1.38. The van der Waals surface area contributed by atoms with E-state index in [-0.39, 0.29) is 0 Å². The molecule has 0 saturated heterocycles. The van der Waals surface area contributed by atoms with Crippen LogP contribution in [0.15, 0.2) is 0 Å². The van der Waals surface area contributed by atoms with E-state index in [1.54, 1.807) is 0 Å². The minimum atomic E-state index is 0.514. The molecule has 0 amide bonds. The third kappa shape index (κ3) is 12.0. The number of rotatable bonds is 0. The van der Waals surface area contributed by atoms with Gasteiger partial charge in [-0.2, -0.15) is 0 Å². The SMILES string of the molecule is CC1CCCCCCCCCCCCCC(=O)CCCC1. The van der Waals surface area contributed by atoms with Gasteiger partial charge in [-0.15, -0.1) is 0 Å². The van der Waals surface area contributed by atoms with Gasteiger partial charge >= 0.3 is 0 Å². The maximum atomic E-state index is 11.8. The first-order valence-electron chi connectivity index (χ1n) is 9.81. The van der Waals surface area contributed by atoms with E-state index >= 15 is 0 Å². The summed E-state index contributed by atoms with van der Waals surface area (Å²) >= 11 is 0. The van der Waals surface area contributed by atoms with E-state index in [9.17, 15) is 4.79 Å². The van der Waals surface area contributed by atoms with Gasteiger partial charge in [0.25, 0.3) is 0 Å². The van der Waals surface area contributed by atoms with Crippen molar-refractivity contribution in [1.82, 2.24) is 0 Å². The number of hydrogen-bond donors (Lipinski definition) is 0. The third-order valence-electron chi connectivity index (χ3n) is 5.06. The topological polar surface area (TPSA) is 17.1 Å². The van der Waals surface area contributed by atoms with Gasteiger partial charge in [-0.3, -0.25) is 4.79 Å². The molecule has 1 fully saturated rings. The van der Waals surface area contributed by atoms with Crippen LogP contribution in [0.3, 0.4) is 0 Å². The fraction of sp³-hybridized carbons (Fsp3) is 0.950. The Bertz CT molecular complexity index is 246. The van der Waals surface area contributed by atoms with E-state index in [1.165, 1.54) is 83.5 Å². The van der Waals surface area contributed by atoms with Gasteiger partial charge in [-0.25, -0.2) is 0 Å². The molecule has 124 valence electrons. The lowest BCUT2D eigenvalue weighted by molar-refractivity contribution is -0.119. The Kier molecular flexibility index (Phi) is 11.9. The zero-order valence-electron chi connectivity index (χ0n) is 14.5. The quantitative estimate of drug-likeness (QED) is 0.478. The maximum Gasteiger partial charge on any atom is 0.132 e. The molecule has 1 aliphatic rings. The number of ketones is 1. The smallest absolute Gasteiger partial charge is 0.132 e. The third-order valence-corrected chi connectivity index (χ3v) is 5.06. The van der Waals surface area contributed by atoms with Crippen LogP contribution in [0.5, 0.6) is 0 Å². The molecule has 0 aromatic carbocycles. The fourth-order valence-electron chi connectivity index (χ4n) is 3.49. The first-order valence-corrected chi connectivity index (χ1v) is 9.81. The Labute approximate surface area is 133 Å². The highest BCUT2D eigenvalue weighted by atomic mass is 16.1. The van der Waals surface area contributed by atoms with Crippen molar-refractivity contribution in [2.75, 3.05) is 0 Å². The van der Waals surface area contributed by atoms with Gasteiger partial charge in [0.15, 0.2) is 0 Å². The summed E-state index contributed by atoms with van der Waals surface area (Å²) in [5.41, 5.74) is 0. The minimum absolute atomic E-state index is 0.514. The molecule has 0 spiro atoms. The zero-order valence-corrected chi connectivity index (χ0v) is 14.5. The van der Waals surface area contributed by atoms with Crippen molar-refractivity contribution >= 4 is 5.78 Å². The lowest BCUT2D eigenvalue weighted by atomic mass is 9.95. The summed E-state index contributed by atoms with van der Waals surface area (Å²) in [6.07, 6.45) is 21.9. The van der Waals surface area contributed by atoms with Crippen LogP contribution in [0, 0.1) is 5.92 Å². The zero-order chi connectivity index (χ0) is 15.2. The molecule has 21 heavy (non-hydrogen) atoms. The van der Waals surface area contributed by atoms with Crippen LogP contribution in [0.25, 0.3) is 0 Å². The Morgan fingerprint density at radius 3 is 1.43 bits per heavy atom. The second kappa shape index (κ2) is 13.3. The van der Waals surface area contributed by atoms with Crippen molar-refractivity contribution < 1.29 is 4.79 Å². The molecular weight excluding hydrogens is 256 g/mol. The van der Waals surface area contributed by atoms with Crippen molar-refractivity contribution in [1.29, 1.82) is 0 Å². The van der Waals surface area contributed by atoms with Gasteiger partial charge in [0, 0.05) is 12.8 Å². The Balaban J connectivity index is 2.18. The average molecular weight is 295 g/mol. The molecule has 0 radical (unpaired) electrons. The van der Waals surface area contributed by atoms with E-state index in [1.807, 2.05) is 0 Å². The molecule has 1 heteroatoms. The second-order valence-corrected chi connectivity index (χ2v) is 7.32. The molecule has 0 aromatic heterocycles. The van der Waals surface area contributed by atoms with Gasteiger partial charge in [0.05, 0.1) is 0 Å². The Morgan fingerprint density at radius 2 is 0.905 bits per heavy atom. The molecule has 1 unspecified atom stereocenters. The van der Waals surface area contributed by atoms with Crippen molar-refractivity contribution in [3.63, 3.8) is 0 Å². The molecule has 0 aliphatic heterocycles. The summed E-state index contributed by atoms with van der Waals surface area (Å²) in [6, 6.07) is 0. The summed E-state index contributed by atoms with van der Waals surface area (Å²) in [6.45, 7) is 2.39. The van der Waals surface area contributed by atoms with Crippen LogP contribution in [-0.2, 0) is 4.79 Å². The van der Waals surface area contributed by atoms with Crippen LogP contribution >= 0.6 is 0 Å². The number of carbonyl (C=O) groups is 1. The molecule has 1 atom stereocenters. The van der Waals surface area contributed by atoms with Crippen LogP contribution < -0.4 is 0 Å². The first kappa shape index (κ1) is 18.7. The van der Waals surface area contributed by atoms with Gasteiger partial charge in [0.2, 0.25) is 0 Å². The molecule has 1 aliphatic carbocycles. The summed E-state index contributed by atoms with van der Waals surface area (Å²) in [7, 11) is 0. The summed E-state index contributed by atoms with van der Waals surface area (Å²) in [4.78, 5) is 11.8. The fourth-order valence-corrected chi connectivity index (χ4v) is 3.49. The Morgan fingerprint density at radius 1 is 0.571 bits per heavy atom. The molecule has 0 N–H and O–H groups in total. The van der Waals surface area contributed by atoms with E-state index in [0.29, 0.717) is 5.78 Å². The van der Waals surface area contributed by atoms with Crippen LogP contribution in [0.4, 0.5) is 0 Å². The lowest BCUT2D eigenvalue weighted by Crippen LogP contribution is -1.99. The number of carbonyl (C=O) groups excluding carboxylic acids is 1.